The molecule has 0 radical (unpaired) electrons. The Morgan fingerprint density at radius 2 is 2.24 bits per heavy atom. The molecule has 1 aromatic carbocycles. The van der Waals surface area contributed by atoms with E-state index >= 15 is 0 Å². The number of hydrogen-bond acceptors (Lipinski definition) is 3. The van der Waals surface area contributed by atoms with Gasteiger partial charge >= 0.3 is 0 Å². The lowest BCUT2D eigenvalue weighted by Crippen LogP contribution is -2.29. The van der Waals surface area contributed by atoms with Crippen LogP contribution in [-0.4, -0.2) is 19.1 Å². The fourth-order valence-electron chi connectivity index (χ4n) is 1.38. The normalized spacial score (nSPS) is 10.0. The molecular weight excluding hydrogens is 216 g/mol. The zero-order valence-electron chi connectivity index (χ0n) is 10.5. The quantitative estimate of drug-likeness (QED) is 0.585. The van der Waals surface area contributed by atoms with Crippen LogP contribution in [0.3, 0.4) is 0 Å². The molecule has 0 fully saturated rings. The summed E-state index contributed by atoms with van der Waals surface area (Å²) in [6, 6.07) is 5.53. The summed E-state index contributed by atoms with van der Waals surface area (Å²) in [4.78, 5) is 11.4. The maximum atomic E-state index is 11.4. The minimum Gasteiger partial charge on any atom is -0.482 e. The number of para-hydroxylation sites is 1. The van der Waals surface area contributed by atoms with Crippen molar-refractivity contribution in [2.75, 3.05) is 18.9 Å². The number of aryl methyl sites for hydroxylation is 1. The maximum Gasteiger partial charge on any atom is 0.257 e. The zero-order valence-corrected chi connectivity index (χ0v) is 10.5. The Kier molecular flexibility index (Phi) is 5.33. The number of carbonyl (C=O) groups is 1. The van der Waals surface area contributed by atoms with Gasteiger partial charge in [0.15, 0.2) is 6.61 Å². The Labute approximate surface area is 102 Å². The summed E-state index contributed by atoms with van der Waals surface area (Å²) in [5.74, 6) is 0.454. The van der Waals surface area contributed by atoms with Crippen LogP contribution in [0.2, 0.25) is 0 Å². The van der Waals surface area contributed by atoms with Crippen molar-refractivity contribution in [2.24, 2.45) is 0 Å². The van der Waals surface area contributed by atoms with Crippen LogP contribution in [0.25, 0.3) is 0 Å². The van der Waals surface area contributed by atoms with Crippen LogP contribution in [0.5, 0.6) is 5.75 Å². The predicted molar refractivity (Wildman–Crippen MR) is 69.0 cm³/mol. The minimum absolute atomic E-state index is 0.0113. The van der Waals surface area contributed by atoms with E-state index in [9.17, 15) is 4.79 Å². The Morgan fingerprint density at radius 3 is 2.94 bits per heavy atom. The highest BCUT2D eigenvalue weighted by atomic mass is 16.5. The van der Waals surface area contributed by atoms with Crippen molar-refractivity contribution in [3.05, 3.63) is 23.8 Å². The van der Waals surface area contributed by atoms with Crippen LogP contribution < -0.4 is 15.8 Å². The number of nitrogens with one attached hydrogen (secondary N) is 1. The average Bonchev–Trinajstić information content (AvgIpc) is 2.31. The van der Waals surface area contributed by atoms with Crippen molar-refractivity contribution in [1.29, 1.82) is 0 Å². The molecule has 0 aliphatic heterocycles. The molecule has 0 spiro atoms. The van der Waals surface area contributed by atoms with Crippen LogP contribution in [0, 0.1) is 6.92 Å². The molecule has 1 rings (SSSR count). The van der Waals surface area contributed by atoms with Gasteiger partial charge in [-0.1, -0.05) is 25.5 Å². The molecule has 4 nitrogen and oxygen atoms in total. The topological polar surface area (TPSA) is 64.3 Å². The summed E-state index contributed by atoms with van der Waals surface area (Å²) in [7, 11) is 0. The van der Waals surface area contributed by atoms with Gasteiger partial charge in [-0.2, -0.15) is 0 Å². The second kappa shape index (κ2) is 6.78. The zero-order chi connectivity index (χ0) is 12.7. The predicted octanol–water partition coefficient (Wildman–Crippen LogP) is 1.87. The molecule has 94 valence electrons. The van der Waals surface area contributed by atoms with Crippen molar-refractivity contribution in [3.8, 4) is 5.75 Å². The van der Waals surface area contributed by atoms with Gasteiger partial charge in [-0.25, -0.2) is 0 Å². The lowest BCUT2D eigenvalue weighted by atomic mass is 10.2. The third kappa shape index (κ3) is 4.34. The molecule has 0 aliphatic carbocycles. The van der Waals surface area contributed by atoms with E-state index in [-0.39, 0.29) is 12.5 Å². The maximum absolute atomic E-state index is 11.4. The van der Waals surface area contributed by atoms with E-state index < -0.39 is 0 Å². The van der Waals surface area contributed by atoms with Crippen molar-refractivity contribution in [3.63, 3.8) is 0 Å². The summed E-state index contributed by atoms with van der Waals surface area (Å²) < 4.78 is 5.37. The van der Waals surface area contributed by atoms with Crippen molar-refractivity contribution in [1.82, 2.24) is 5.32 Å². The fraction of sp³-hybridized carbons (Fsp3) is 0.462. The molecule has 0 bridgehead atoms. The lowest BCUT2D eigenvalue weighted by molar-refractivity contribution is -0.123. The van der Waals surface area contributed by atoms with Gasteiger partial charge in [-0.05, 0) is 25.0 Å². The molecular formula is C13H20N2O2. The van der Waals surface area contributed by atoms with E-state index in [2.05, 4.69) is 12.2 Å². The van der Waals surface area contributed by atoms with Gasteiger partial charge in [0, 0.05) is 6.54 Å². The molecule has 1 amide bonds. The molecule has 0 saturated heterocycles. The number of unbranched alkanes of at least 4 members (excludes halogenated alkanes) is 1. The summed E-state index contributed by atoms with van der Waals surface area (Å²) >= 11 is 0. The highest BCUT2D eigenvalue weighted by Crippen LogP contribution is 2.23. The van der Waals surface area contributed by atoms with Crippen molar-refractivity contribution in [2.45, 2.75) is 26.7 Å². The Balaban J connectivity index is 2.39. The van der Waals surface area contributed by atoms with Crippen molar-refractivity contribution >= 4 is 11.6 Å². The van der Waals surface area contributed by atoms with Crippen LogP contribution in [0.4, 0.5) is 5.69 Å². The number of ether oxygens (including phenoxy) is 1. The summed E-state index contributed by atoms with van der Waals surface area (Å²) in [5, 5.41) is 2.78. The van der Waals surface area contributed by atoms with Gasteiger partial charge in [0.2, 0.25) is 0 Å². The highest BCUT2D eigenvalue weighted by Gasteiger charge is 2.05. The number of benzene rings is 1. The smallest absolute Gasteiger partial charge is 0.257 e. The standard InChI is InChI=1S/C13H20N2O2/c1-3-4-8-15-12(16)9-17-11-7-5-6-10(2)13(11)14/h5-7H,3-4,8-9,14H2,1-2H3,(H,15,16). The molecule has 0 aliphatic rings. The third-order valence-electron chi connectivity index (χ3n) is 2.50. The lowest BCUT2D eigenvalue weighted by Gasteiger charge is -2.10. The van der Waals surface area contributed by atoms with Crippen LogP contribution in [-0.2, 0) is 4.79 Å². The number of nitrogen functional groups attached to an aromatic ring is 1. The fourth-order valence-corrected chi connectivity index (χ4v) is 1.38. The first-order chi connectivity index (χ1) is 8.15. The highest BCUT2D eigenvalue weighted by molar-refractivity contribution is 5.77. The number of nitrogens with two attached hydrogens (primary N) is 1. The minimum atomic E-state index is -0.112. The third-order valence-corrected chi connectivity index (χ3v) is 2.50. The largest absolute Gasteiger partial charge is 0.482 e. The average molecular weight is 236 g/mol. The Bertz CT molecular complexity index is 378. The molecule has 0 aromatic heterocycles. The van der Waals surface area contributed by atoms with Crippen LogP contribution in [0.1, 0.15) is 25.3 Å². The Hall–Kier alpha value is -1.71. The van der Waals surface area contributed by atoms with Crippen LogP contribution >= 0.6 is 0 Å². The second-order valence-electron chi connectivity index (χ2n) is 3.98. The number of hydrogen-bond donors (Lipinski definition) is 2. The number of carbonyl (C=O) groups excluding carboxylic acids is 1. The summed E-state index contributed by atoms with van der Waals surface area (Å²) in [6.07, 6.45) is 2.05. The van der Waals surface area contributed by atoms with E-state index in [0.717, 1.165) is 18.4 Å². The molecule has 4 heteroatoms. The van der Waals surface area contributed by atoms with Crippen LogP contribution in [0.15, 0.2) is 18.2 Å². The molecule has 17 heavy (non-hydrogen) atoms. The number of rotatable bonds is 6. The van der Waals surface area contributed by atoms with Gasteiger partial charge in [0.05, 0.1) is 5.69 Å². The first-order valence-corrected chi connectivity index (χ1v) is 5.89. The van der Waals surface area contributed by atoms with E-state index in [4.69, 9.17) is 10.5 Å². The first-order valence-electron chi connectivity index (χ1n) is 5.89. The summed E-state index contributed by atoms with van der Waals surface area (Å²) in [6.45, 7) is 4.69. The van der Waals surface area contributed by atoms with Gasteiger partial charge in [-0.15, -0.1) is 0 Å². The molecule has 0 atom stereocenters. The first kappa shape index (κ1) is 13.4. The van der Waals surface area contributed by atoms with E-state index in [1.807, 2.05) is 19.1 Å². The Morgan fingerprint density at radius 1 is 1.47 bits per heavy atom. The van der Waals surface area contributed by atoms with E-state index in [1.165, 1.54) is 0 Å². The summed E-state index contributed by atoms with van der Waals surface area (Å²) in [5.41, 5.74) is 7.38. The van der Waals surface area contributed by atoms with Gasteiger partial charge < -0.3 is 15.8 Å². The SMILES string of the molecule is CCCCNC(=O)COc1cccc(C)c1N. The van der Waals surface area contributed by atoms with Gasteiger partial charge in [-0.3, -0.25) is 4.79 Å². The second-order valence-corrected chi connectivity index (χ2v) is 3.98. The van der Waals surface area contributed by atoms with Gasteiger partial charge in [0.1, 0.15) is 5.75 Å². The number of anilines is 1. The van der Waals surface area contributed by atoms with E-state index in [1.54, 1.807) is 6.07 Å². The molecule has 1 aromatic rings. The molecule has 3 N–H and O–H groups in total. The molecule has 0 heterocycles. The van der Waals surface area contributed by atoms with E-state index in [0.29, 0.717) is 18.0 Å². The number of amides is 1. The van der Waals surface area contributed by atoms with Crippen molar-refractivity contribution < 1.29 is 9.53 Å². The monoisotopic (exact) mass is 236 g/mol. The van der Waals surface area contributed by atoms with Gasteiger partial charge in [0.25, 0.3) is 5.91 Å². The molecule has 0 unspecified atom stereocenters. The molecule has 0 saturated carbocycles.